The molecule has 2 fully saturated rings. The number of carbonyl (C=O) groups is 1. The Morgan fingerprint density at radius 3 is 2.44 bits per heavy atom. The summed E-state index contributed by atoms with van der Waals surface area (Å²) in [6.45, 7) is 5.37. The number of nitrogens with one attached hydrogen (secondary N) is 1. The van der Waals surface area contributed by atoms with E-state index in [0.29, 0.717) is 11.1 Å². The highest BCUT2D eigenvalue weighted by molar-refractivity contribution is 6.04. The van der Waals surface area contributed by atoms with Crippen LogP contribution < -0.4 is 21.4 Å². The molecule has 8 nitrogen and oxygen atoms in total. The molecule has 4 rings (SSSR count). The Morgan fingerprint density at radius 1 is 1.26 bits per heavy atom. The van der Waals surface area contributed by atoms with Crippen LogP contribution in [-0.4, -0.2) is 46.5 Å². The third-order valence-electron chi connectivity index (χ3n) is 5.14. The highest BCUT2D eigenvalue weighted by atomic mass is 35.5. The molecule has 5 N–H and O–H groups in total. The van der Waals surface area contributed by atoms with E-state index in [2.05, 4.69) is 22.1 Å². The van der Waals surface area contributed by atoms with Crippen molar-refractivity contribution in [1.29, 1.82) is 0 Å². The maximum atomic E-state index is 12.5. The molecule has 2 aromatic rings. The molecule has 1 aromatic heterocycles. The largest absolute Gasteiger partial charge is 0.477 e. The lowest BCUT2D eigenvalue weighted by molar-refractivity contribution is 0.0684. The van der Waals surface area contributed by atoms with E-state index in [1.54, 1.807) is 6.07 Å². The topological polar surface area (TPSA) is 121 Å². The minimum Gasteiger partial charge on any atom is -0.477 e. The fourth-order valence-corrected chi connectivity index (χ4v) is 3.90. The normalized spacial score (nSPS) is 16.8. The quantitative estimate of drug-likeness (QED) is 0.581. The van der Waals surface area contributed by atoms with Crippen molar-refractivity contribution in [2.45, 2.75) is 25.8 Å². The molecule has 27 heavy (non-hydrogen) atoms. The maximum Gasteiger partial charge on any atom is 0.352 e. The van der Waals surface area contributed by atoms with Gasteiger partial charge in [0, 0.05) is 43.7 Å². The van der Waals surface area contributed by atoms with Gasteiger partial charge in [-0.05, 0) is 31.4 Å². The monoisotopic (exact) mass is 394 g/mol. The molecule has 2 aliphatic rings. The number of anilines is 2. The van der Waals surface area contributed by atoms with Crippen LogP contribution in [0.4, 0.5) is 11.4 Å². The van der Waals surface area contributed by atoms with Crippen LogP contribution >= 0.6 is 11.9 Å². The lowest BCUT2D eigenvalue weighted by atomic mass is 10.0. The summed E-state index contributed by atoms with van der Waals surface area (Å²) in [5.41, 5.74) is 9.19. The third-order valence-corrected chi connectivity index (χ3v) is 5.14. The lowest BCUT2D eigenvalue weighted by Gasteiger charge is -2.32. The van der Waals surface area contributed by atoms with E-state index < -0.39 is 5.97 Å². The van der Waals surface area contributed by atoms with Crippen LogP contribution in [0.15, 0.2) is 16.9 Å². The summed E-state index contributed by atoms with van der Waals surface area (Å²) in [4.78, 5) is 26.5. The predicted molar refractivity (Wildman–Crippen MR) is 106 cm³/mol. The zero-order chi connectivity index (χ0) is 19.7. The minimum absolute atomic E-state index is 0.0686. The molecule has 1 saturated carbocycles. The number of pyridine rings is 1. The van der Waals surface area contributed by atoms with E-state index in [4.69, 9.17) is 10.4 Å². The number of aromatic carboxylic acids is 1. The van der Waals surface area contributed by atoms with Crippen molar-refractivity contribution in [3.63, 3.8) is 0 Å². The van der Waals surface area contributed by atoms with Gasteiger partial charge in [-0.2, -0.15) is 0 Å². The van der Waals surface area contributed by atoms with Crippen LogP contribution in [0.5, 0.6) is 0 Å². The number of nitrogen functional groups attached to an aromatic ring is 1. The van der Waals surface area contributed by atoms with Gasteiger partial charge >= 0.3 is 5.97 Å². The summed E-state index contributed by atoms with van der Waals surface area (Å²) in [7, 11) is 0. The zero-order valence-electron chi connectivity index (χ0n) is 15.0. The number of fused-ring (bicyclic) bond motifs is 1. The van der Waals surface area contributed by atoms with Gasteiger partial charge in [-0.15, -0.1) is 0 Å². The number of halogens is 1. The maximum absolute atomic E-state index is 12.5. The highest BCUT2D eigenvalue weighted by Gasteiger charge is 2.31. The van der Waals surface area contributed by atoms with Crippen molar-refractivity contribution in [2.24, 2.45) is 0 Å². The standard InChI is InChI=1S/C18H22N4O3.ClHO/c1-10-16-12(8-13(19)17(10)21-6-4-20-5-7-21)15(23)9-14(18(24)25)22(16)11-2-3-11;1-2/h8-9,11,20H,2-7,19H2,1H3,(H,24,25);2H. The SMILES string of the molecule is Cc1c(N2CCNCC2)c(N)cc2c(=O)cc(C(=O)O)n(C3CC3)c12.OCl. The van der Waals surface area contributed by atoms with E-state index in [1.165, 1.54) is 6.07 Å². The molecule has 0 unspecified atom stereocenters. The summed E-state index contributed by atoms with van der Waals surface area (Å²) in [6, 6.07) is 3.09. The average molecular weight is 395 g/mol. The highest BCUT2D eigenvalue weighted by Crippen LogP contribution is 2.41. The molecule has 0 bridgehead atoms. The first-order chi connectivity index (χ1) is 13.0. The first kappa shape index (κ1) is 19.5. The van der Waals surface area contributed by atoms with Gasteiger partial charge in [0.2, 0.25) is 0 Å². The Labute approximate surface area is 161 Å². The summed E-state index contributed by atoms with van der Waals surface area (Å²) < 4.78 is 8.31. The Kier molecular flexibility index (Phi) is 5.59. The lowest BCUT2D eigenvalue weighted by Crippen LogP contribution is -2.44. The summed E-state index contributed by atoms with van der Waals surface area (Å²) in [6.07, 6.45) is 1.87. The van der Waals surface area contributed by atoms with Crippen molar-refractivity contribution >= 4 is 40.1 Å². The first-order valence-corrected chi connectivity index (χ1v) is 9.17. The number of hydrogen-bond donors (Lipinski definition) is 4. The Bertz CT molecular complexity index is 933. The predicted octanol–water partition coefficient (Wildman–Crippen LogP) is 1.47. The van der Waals surface area contributed by atoms with Crippen LogP contribution in [0, 0.1) is 6.92 Å². The zero-order valence-corrected chi connectivity index (χ0v) is 15.8. The number of benzene rings is 1. The molecule has 0 spiro atoms. The third kappa shape index (κ3) is 3.47. The van der Waals surface area contributed by atoms with Crippen molar-refractivity contribution in [3.05, 3.63) is 33.6 Å². The summed E-state index contributed by atoms with van der Waals surface area (Å²) in [5, 5.41) is 13.4. The number of aryl methyl sites for hydroxylation is 1. The number of aromatic nitrogens is 1. The smallest absolute Gasteiger partial charge is 0.352 e. The number of nitrogens with two attached hydrogens (primary N) is 1. The summed E-state index contributed by atoms with van der Waals surface area (Å²) >= 11 is 3.64. The van der Waals surface area contributed by atoms with Gasteiger partial charge in [0.1, 0.15) is 5.69 Å². The number of piperazine rings is 1. The Balaban J connectivity index is 0.00000102. The van der Waals surface area contributed by atoms with E-state index >= 15 is 0 Å². The fraction of sp³-hybridized carbons (Fsp3) is 0.444. The molecule has 1 aliphatic carbocycles. The van der Waals surface area contributed by atoms with Crippen molar-refractivity contribution in [3.8, 4) is 0 Å². The van der Waals surface area contributed by atoms with Gasteiger partial charge in [-0.1, -0.05) is 0 Å². The van der Waals surface area contributed by atoms with E-state index in [1.807, 2.05) is 11.5 Å². The fourth-order valence-electron chi connectivity index (χ4n) is 3.90. The number of carboxylic acid groups (broad SMARTS) is 1. The Morgan fingerprint density at radius 2 is 1.89 bits per heavy atom. The van der Waals surface area contributed by atoms with E-state index in [9.17, 15) is 14.7 Å². The molecule has 9 heteroatoms. The van der Waals surface area contributed by atoms with Crippen LogP contribution in [0.1, 0.15) is 34.9 Å². The molecule has 0 amide bonds. The van der Waals surface area contributed by atoms with E-state index in [0.717, 1.165) is 55.8 Å². The molecule has 0 atom stereocenters. The molecule has 1 saturated heterocycles. The number of nitrogens with zero attached hydrogens (tertiary/aromatic N) is 2. The van der Waals surface area contributed by atoms with Crippen molar-refractivity contribution in [1.82, 2.24) is 9.88 Å². The number of rotatable bonds is 3. The molecular weight excluding hydrogens is 372 g/mol. The van der Waals surface area contributed by atoms with Gasteiger partial charge in [0.25, 0.3) is 0 Å². The van der Waals surface area contributed by atoms with Crippen LogP contribution in [0.2, 0.25) is 0 Å². The second-order valence-electron chi connectivity index (χ2n) is 6.87. The van der Waals surface area contributed by atoms with Gasteiger partial charge in [0.15, 0.2) is 5.43 Å². The van der Waals surface area contributed by atoms with Gasteiger partial charge < -0.3 is 25.6 Å². The second kappa shape index (κ2) is 7.75. The van der Waals surface area contributed by atoms with Crippen LogP contribution in [0.25, 0.3) is 10.9 Å². The summed E-state index contributed by atoms with van der Waals surface area (Å²) in [5.74, 6) is -1.06. The Hall–Kier alpha value is -2.29. The minimum atomic E-state index is -1.06. The van der Waals surface area contributed by atoms with E-state index in [-0.39, 0.29) is 17.2 Å². The molecule has 146 valence electrons. The van der Waals surface area contributed by atoms with Gasteiger partial charge in [0.05, 0.1) is 28.8 Å². The van der Waals surface area contributed by atoms with Crippen LogP contribution in [-0.2, 0) is 0 Å². The van der Waals surface area contributed by atoms with Crippen molar-refractivity contribution in [2.75, 3.05) is 36.8 Å². The van der Waals surface area contributed by atoms with Crippen LogP contribution in [0.3, 0.4) is 0 Å². The van der Waals surface area contributed by atoms with Gasteiger partial charge in [-0.3, -0.25) is 9.45 Å². The molecular formula is C18H23ClN4O4. The first-order valence-electron chi connectivity index (χ1n) is 8.83. The molecule has 0 radical (unpaired) electrons. The second-order valence-corrected chi connectivity index (χ2v) is 6.87. The van der Waals surface area contributed by atoms with Gasteiger partial charge in [-0.25, -0.2) is 4.79 Å². The number of carboxylic acids is 1. The molecule has 1 aromatic carbocycles. The molecule has 2 heterocycles. The molecule has 1 aliphatic heterocycles. The van der Waals surface area contributed by atoms with Crippen molar-refractivity contribution < 1.29 is 14.6 Å². The average Bonchev–Trinajstić information content (AvgIpc) is 3.49. The number of hydrogen-bond acceptors (Lipinski definition) is 6.